The zero-order chi connectivity index (χ0) is 11.2. The lowest BCUT2D eigenvalue weighted by atomic mass is 10.2. The van der Waals surface area contributed by atoms with Gasteiger partial charge in [0.2, 0.25) is 0 Å². The molecule has 1 atom stereocenters. The van der Waals surface area contributed by atoms with Crippen LogP contribution in [-0.4, -0.2) is 42.9 Å². The van der Waals surface area contributed by atoms with E-state index in [1.807, 2.05) is 11.8 Å². The number of thioether (sulfide) groups is 1. The summed E-state index contributed by atoms with van der Waals surface area (Å²) in [6.45, 7) is 6.98. The zero-order valence-electron chi connectivity index (χ0n) is 9.86. The van der Waals surface area contributed by atoms with Gasteiger partial charge in [0.15, 0.2) is 0 Å². The second kappa shape index (κ2) is 6.28. The fraction of sp³-hybridized carbons (Fsp3) is 0.538. The van der Waals surface area contributed by atoms with E-state index in [0.29, 0.717) is 6.04 Å². The summed E-state index contributed by atoms with van der Waals surface area (Å²) in [4.78, 5) is 3.93. The summed E-state index contributed by atoms with van der Waals surface area (Å²) >= 11 is 1.95. The van der Waals surface area contributed by atoms with Crippen LogP contribution >= 0.6 is 11.8 Å². The first-order valence-corrected chi connectivity index (χ1v) is 6.97. The third-order valence-corrected chi connectivity index (χ3v) is 3.86. The Morgan fingerprint density at radius 1 is 1.38 bits per heavy atom. The van der Waals surface area contributed by atoms with Crippen LogP contribution in [0.25, 0.3) is 0 Å². The lowest BCUT2D eigenvalue weighted by molar-refractivity contribution is 0.218. The number of nitrogens with one attached hydrogen (secondary N) is 1. The first-order chi connectivity index (χ1) is 7.84. The van der Waals surface area contributed by atoms with Gasteiger partial charge in [-0.3, -0.25) is 4.90 Å². The van der Waals surface area contributed by atoms with Gasteiger partial charge in [-0.1, -0.05) is 18.2 Å². The minimum absolute atomic E-state index is 0.649. The highest BCUT2D eigenvalue weighted by atomic mass is 32.2. The van der Waals surface area contributed by atoms with Crippen LogP contribution in [0.5, 0.6) is 0 Å². The maximum absolute atomic E-state index is 3.47. The Balaban J connectivity index is 1.68. The summed E-state index contributed by atoms with van der Waals surface area (Å²) < 4.78 is 0. The van der Waals surface area contributed by atoms with Crippen LogP contribution < -0.4 is 5.32 Å². The Kier molecular flexibility index (Phi) is 4.69. The van der Waals surface area contributed by atoms with E-state index in [1.165, 1.54) is 30.3 Å². The van der Waals surface area contributed by atoms with E-state index >= 15 is 0 Å². The molecule has 0 bridgehead atoms. The predicted molar refractivity (Wildman–Crippen MR) is 71.1 cm³/mol. The van der Waals surface area contributed by atoms with Crippen molar-refractivity contribution >= 4 is 11.8 Å². The molecule has 0 aromatic heterocycles. The minimum atomic E-state index is 0.649. The van der Waals surface area contributed by atoms with Gasteiger partial charge in [-0.25, -0.2) is 0 Å². The quantitative estimate of drug-likeness (QED) is 0.806. The zero-order valence-corrected chi connectivity index (χ0v) is 10.7. The van der Waals surface area contributed by atoms with E-state index in [9.17, 15) is 0 Å². The van der Waals surface area contributed by atoms with Gasteiger partial charge in [0.05, 0.1) is 0 Å². The van der Waals surface area contributed by atoms with Gasteiger partial charge in [0, 0.05) is 42.9 Å². The molecule has 3 heteroatoms. The molecule has 0 saturated carbocycles. The van der Waals surface area contributed by atoms with E-state index in [-0.39, 0.29) is 0 Å². The summed E-state index contributed by atoms with van der Waals surface area (Å²) in [6.07, 6.45) is 0. The van der Waals surface area contributed by atoms with Crippen LogP contribution in [0.3, 0.4) is 0 Å². The molecule has 1 saturated heterocycles. The highest BCUT2D eigenvalue weighted by Crippen LogP contribution is 2.16. The molecule has 2 nitrogen and oxygen atoms in total. The van der Waals surface area contributed by atoms with E-state index in [4.69, 9.17) is 0 Å². The fourth-order valence-electron chi connectivity index (χ4n) is 2.02. The Morgan fingerprint density at radius 2 is 2.19 bits per heavy atom. The lowest BCUT2D eigenvalue weighted by Crippen LogP contribution is -2.49. The predicted octanol–water partition coefficient (Wildman–Crippen LogP) is 2.07. The van der Waals surface area contributed by atoms with Gasteiger partial charge in [0.1, 0.15) is 0 Å². The SMILES string of the molecule is CC1CN(CCSc2ccccc2)CCN1. The molecule has 1 aliphatic heterocycles. The minimum Gasteiger partial charge on any atom is -0.312 e. The number of piperazine rings is 1. The number of rotatable bonds is 4. The molecule has 1 unspecified atom stereocenters. The molecule has 1 aromatic carbocycles. The molecule has 1 fully saturated rings. The third kappa shape index (κ3) is 3.81. The molecular formula is C13H20N2S. The van der Waals surface area contributed by atoms with Crippen LogP contribution in [0.2, 0.25) is 0 Å². The average Bonchev–Trinajstić information content (AvgIpc) is 2.30. The molecule has 16 heavy (non-hydrogen) atoms. The van der Waals surface area contributed by atoms with Gasteiger partial charge in [0.25, 0.3) is 0 Å². The molecule has 88 valence electrons. The summed E-state index contributed by atoms with van der Waals surface area (Å²) in [5.41, 5.74) is 0. The van der Waals surface area contributed by atoms with E-state index in [2.05, 4.69) is 47.5 Å². The van der Waals surface area contributed by atoms with Crippen LogP contribution in [0.1, 0.15) is 6.92 Å². The van der Waals surface area contributed by atoms with Gasteiger partial charge in [-0.15, -0.1) is 11.8 Å². The highest BCUT2D eigenvalue weighted by Gasteiger charge is 2.14. The van der Waals surface area contributed by atoms with Crippen molar-refractivity contribution in [3.8, 4) is 0 Å². The Hall–Kier alpha value is -0.510. The molecule has 0 amide bonds. The van der Waals surface area contributed by atoms with Crippen molar-refractivity contribution in [3.63, 3.8) is 0 Å². The molecule has 0 radical (unpaired) electrons. The van der Waals surface area contributed by atoms with Crippen molar-refractivity contribution in [2.75, 3.05) is 31.9 Å². The van der Waals surface area contributed by atoms with Crippen molar-refractivity contribution in [1.29, 1.82) is 0 Å². The van der Waals surface area contributed by atoms with E-state index in [0.717, 1.165) is 6.54 Å². The van der Waals surface area contributed by atoms with Crippen molar-refractivity contribution < 1.29 is 0 Å². The van der Waals surface area contributed by atoms with Crippen molar-refractivity contribution in [1.82, 2.24) is 10.2 Å². The first kappa shape index (κ1) is 12.0. The smallest absolute Gasteiger partial charge is 0.0167 e. The Morgan fingerprint density at radius 3 is 2.94 bits per heavy atom. The monoisotopic (exact) mass is 236 g/mol. The number of nitrogens with zero attached hydrogens (tertiary/aromatic N) is 1. The van der Waals surface area contributed by atoms with Crippen molar-refractivity contribution in [2.45, 2.75) is 17.9 Å². The molecule has 2 rings (SSSR count). The second-order valence-corrected chi connectivity index (χ2v) is 5.49. The van der Waals surface area contributed by atoms with Crippen LogP contribution in [-0.2, 0) is 0 Å². The molecule has 1 aliphatic rings. The van der Waals surface area contributed by atoms with Gasteiger partial charge < -0.3 is 5.32 Å². The van der Waals surface area contributed by atoms with Crippen molar-refractivity contribution in [2.24, 2.45) is 0 Å². The highest BCUT2D eigenvalue weighted by molar-refractivity contribution is 7.99. The molecular weight excluding hydrogens is 216 g/mol. The van der Waals surface area contributed by atoms with Gasteiger partial charge in [-0.05, 0) is 19.1 Å². The number of hydrogen-bond acceptors (Lipinski definition) is 3. The molecule has 0 aliphatic carbocycles. The van der Waals surface area contributed by atoms with Crippen LogP contribution in [0.15, 0.2) is 35.2 Å². The summed E-state index contributed by atoms with van der Waals surface area (Å²) in [5.74, 6) is 1.19. The van der Waals surface area contributed by atoms with Crippen molar-refractivity contribution in [3.05, 3.63) is 30.3 Å². The standard InChI is InChI=1S/C13H20N2S/c1-12-11-15(8-7-14-12)9-10-16-13-5-3-2-4-6-13/h2-6,12,14H,7-11H2,1H3. The van der Waals surface area contributed by atoms with E-state index < -0.39 is 0 Å². The maximum Gasteiger partial charge on any atom is 0.0167 e. The number of benzene rings is 1. The lowest BCUT2D eigenvalue weighted by Gasteiger charge is -2.31. The largest absolute Gasteiger partial charge is 0.312 e. The third-order valence-electron chi connectivity index (χ3n) is 2.87. The molecule has 1 aromatic rings. The molecule has 1 N–H and O–H groups in total. The summed E-state index contributed by atoms with van der Waals surface area (Å²) in [6, 6.07) is 11.3. The average molecular weight is 236 g/mol. The molecule has 1 heterocycles. The normalized spacial score (nSPS) is 22.2. The first-order valence-electron chi connectivity index (χ1n) is 5.98. The van der Waals surface area contributed by atoms with Gasteiger partial charge in [-0.2, -0.15) is 0 Å². The summed E-state index contributed by atoms with van der Waals surface area (Å²) in [5, 5.41) is 3.47. The Bertz CT molecular complexity index is 302. The van der Waals surface area contributed by atoms with Gasteiger partial charge >= 0.3 is 0 Å². The number of hydrogen-bond donors (Lipinski definition) is 1. The van der Waals surface area contributed by atoms with Crippen LogP contribution in [0.4, 0.5) is 0 Å². The topological polar surface area (TPSA) is 15.3 Å². The Labute approximate surface area is 102 Å². The molecule has 0 spiro atoms. The second-order valence-electron chi connectivity index (χ2n) is 4.32. The maximum atomic E-state index is 3.47. The van der Waals surface area contributed by atoms with Crippen LogP contribution in [0, 0.1) is 0 Å². The fourth-order valence-corrected chi connectivity index (χ4v) is 2.96. The summed E-state index contributed by atoms with van der Waals surface area (Å²) in [7, 11) is 0. The van der Waals surface area contributed by atoms with E-state index in [1.54, 1.807) is 0 Å².